The molecule has 4 rings (SSSR count). The molecule has 2 N–H and O–H groups in total. The standard InChI is InChI=1S/C25H28N4O4/c30-22(11-10-18-6-2-1-3-7-18)26-19-12-15-28(16-13-19)23(31)14-17-29-25(33)21-9-5-4-8-20(21)24(32)27-29/h1-9,19H,10-17H2,(H,26,30)(H,27,32). The maximum atomic E-state index is 12.7. The molecule has 2 aromatic carbocycles. The van der Waals surface area contributed by atoms with Gasteiger partial charge in [-0.1, -0.05) is 42.5 Å². The van der Waals surface area contributed by atoms with Gasteiger partial charge in [-0.2, -0.15) is 0 Å². The minimum atomic E-state index is -0.346. The molecule has 172 valence electrons. The normalized spacial score (nSPS) is 14.4. The zero-order chi connectivity index (χ0) is 23.2. The van der Waals surface area contributed by atoms with E-state index in [1.54, 1.807) is 29.2 Å². The average Bonchev–Trinajstić information content (AvgIpc) is 2.85. The van der Waals surface area contributed by atoms with Crippen LogP contribution in [0.2, 0.25) is 0 Å². The van der Waals surface area contributed by atoms with Crippen molar-refractivity contribution >= 4 is 22.6 Å². The first kappa shape index (κ1) is 22.5. The number of benzene rings is 2. The number of carbonyl (C=O) groups is 2. The van der Waals surface area contributed by atoms with Crippen LogP contribution in [-0.4, -0.2) is 45.6 Å². The molecule has 3 aromatic rings. The van der Waals surface area contributed by atoms with Crippen LogP contribution < -0.4 is 16.4 Å². The molecule has 2 amide bonds. The Balaban J connectivity index is 1.24. The summed E-state index contributed by atoms with van der Waals surface area (Å²) in [5, 5.41) is 6.32. The molecule has 1 aliphatic heterocycles. The number of piperidine rings is 1. The van der Waals surface area contributed by atoms with Crippen molar-refractivity contribution in [2.24, 2.45) is 0 Å². The second kappa shape index (κ2) is 10.3. The Hall–Kier alpha value is -3.68. The number of H-pyrrole nitrogens is 1. The maximum Gasteiger partial charge on any atom is 0.273 e. The van der Waals surface area contributed by atoms with Gasteiger partial charge in [0.05, 0.1) is 17.3 Å². The lowest BCUT2D eigenvalue weighted by molar-refractivity contribution is -0.132. The third-order valence-electron chi connectivity index (χ3n) is 6.13. The molecule has 1 fully saturated rings. The highest BCUT2D eigenvalue weighted by atomic mass is 16.2. The van der Waals surface area contributed by atoms with E-state index in [0.717, 1.165) is 5.56 Å². The third kappa shape index (κ3) is 5.58. The molecule has 8 nitrogen and oxygen atoms in total. The van der Waals surface area contributed by atoms with Gasteiger partial charge in [-0.05, 0) is 37.0 Å². The first-order valence-corrected chi connectivity index (χ1v) is 11.3. The van der Waals surface area contributed by atoms with Crippen LogP contribution in [0, 0.1) is 0 Å². The Kier molecular flexibility index (Phi) is 7.02. The van der Waals surface area contributed by atoms with Gasteiger partial charge in [-0.3, -0.25) is 24.3 Å². The monoisotopic (exact) mass is 448 g/mol. The van der Waals surface area contributed by atoms with Crippen LogP contribution in [0.1, 0.15) is 31.2 Å². The van der Waals surface area contributed by atoms with Crippen molar-refractivity contribution in [3.8, 4) is 0 Å². The molecule has 1 saturated heterocycles. The summed E-state index contributed by atoms with van der Waals surface area (Å²) in [6.45, 7) is 1.24. The number of carbonyl (C=O) groups excluding carboxylic acids is 2. The number of rotatable bonds is 7. The molecule has 0 bridgehead atoms. The van der Waals surface area contributed by atoms with Gasteiger partial charge in [0.1, 0.15) is 0 Å². The molecule has 8 heteroatoms. The topological polar surface area (TPSA) is 104 Å². The lowest BCUT2D eigenvalue weighted by Gasteiger charge is -2.32. The molecule has 0 spiro atoms. The van der Waals surface area contributed by atoms with Gasteiger partial charge in [0.15, 0.2) is 0 Å². The van der Waals surface area contributed by atoms with Crippen LogP contribution in [0.15, 0.2) is 64.2 Å². The first-order valence-electron chi connectivity index (χ1n) is 11.3. The highest BCUT2D eigenvalue weighted by Crippen LogP contribution is 2.13. The molecule has 0 unspecified atom stereocenters. The van der Waals surface area contributed by atoms with Crippen molar-refractivity contribution in [1.82, 2.24) is 20.0 Å². The molecular formula is C25H28N4O4. The number of hydrogen-bond donors (Lipinski definition) is 2. The van der Waals surface area contributed by atoms with Gasteiger partial charge in [0.2, 0.25) is 11.8 Å². The van der Waals surface area contributed by atoms with Crippen molar-refractivity contribution in [1.29, 1.82) is 0 Å². The average molecular weight is 449 g/mol. The largest absolute Gasteiger partial charge is 0.353 e. The van der Waals surface area contributed by atoms with Crippen molar-refractivity contribution in [2.45, 2.75) is 44.7 Å². The molecule has 2 heterocycles. The van der Waals surface area contributed by atoms with E-state index in [9.17, 15) is 19.2 Å². The van der Waals surface area contributed by atoms with Crippen molar-refractivity contribution < 1.29 is 9.59 Å². The lowest BCUT2D eigenvalue weighted by atomic mass is 10.0. The second-order valence-electron chi connectivity index (χ2n) is 8.40. The van der Waals surface area contributed by atoms with Crippen LogP contribution in [0.3, 0.4) is 0 Å². The second-order valence-corrected chi connectivity index (χ2v) is 8.40. The minimum Gasteiger partial charge on any atom is -0.353 e. The zero-order valence-corrected chi connectivity index (χ0v) is 18.5. The summed E-state index contributed by atoms with van der Waals surface area (Å²) in [7, 11) is 0. The predicted molar refractivity (Wildman–Crippen MR) is 126 cm³/mol. The van der Waals surface area contributed by atoms with Gasteiger partial charge in [-0.25, -0.2) is 4.68 Å². The Morgan fingerprint density at radius 1 is 0.909 bits per heavy atom. The van der Waals surface area contributed by atoms with Gasteiger partial charge in [0, 0.05) is 32.0 Å². The number of nitrogens with zero attached hydrogens (tertiary/aromatic N) is 2. The molecule has 0 atom stereocenters. The fraction of sp³-hybridized carbons (Fsp3) is 0.360. The molecule has 1 aliphatic rings. The number of aromatic amines is 1. The molecular weight excluding hydrogens is 420 g/mol. The minimum absolute atomic E-state index is 0.0308. The van der Waals surface area contributed by atoms with E-state index in [-0.39, 0.29) is 41.9 Å². The number of hydrogen-bond acceptors (Lipinski definition) is 4. The number of nitrogens with one attached hydrogen (secondary N) is 2. The van der Waals surface area contributed by atoms with E-state index in [4.69, 9.17) is 0 Å². The quantitative estimate of drug-likeness (QED) is 0.575. The number of amides is 2. The van der Waals surface area contributed by atoms with E-state index in [1.165, 1.54) is 4.68 Å². The Morgan fingerprint density at radius 2 is 1.58 bits per heavy atom. The predicted octanol–water partition coefficient (Wildman–Crippen LogP) is 1.82. The van der Waals surface area contributed by atoms with E-state index >= 15 is 0 Å². The Bertz CT molecular complexity index is 1240. The third-order valence-corrected chi connectivity index (χ3v) is 6.13. The first-order chi connectivity index (χ1) is 16.0. The van der Waals surface area contributed by atoms with E-state index in [0.29, 0.717) is 49.5 Å². The molecule has 1 aromatic heterocycles. The van der Waals surface area contributed by atoms with E-state index in [1.807, 2.05) is 30.3 Å². The summed E-state index contributed by atoms with van der Waals surface area (Å²) in [6.07, 6.45) is 2.69. The van der Waals surface area contributed by atoms with Crippen LogP contribution in [0.4, 0.5) is 0 Å². The fourth-order valence-corrected chi connectivity index (χ4v) is 4.25. The van der Waals surface area contributed by atoms with Crippen LogP contribution >= 0.6 is 0 Å². The highest BCUT2D eigenvalue weighted by Gasteiger charge is 2.23. The molecule has 33 heavy (non-hydrogen) atoms. The summed E-state index contributed by atoms with van der Waals surface area (Å²) < 4.78 is 1.21. The van der Waals surface area contributed by atoms with Crippen molar-refractivity contribution in [3.63, 3.8) is 0 Å². The van der Waals surface area contributed by atoms with Gasteiger partial charge in [-0.15, -0.1) is 0 Å². The highest BCUT2D eigenvalue weighted by molar-refractivity contribution is 5.80. The number of fused-ring (bicyclic) bond motifs is 1. The molecule has 0 radical (unpaired) electrons. The van der Waals surface area contributed by atoms with Crippen LogP contribution in [-0.2, 0) is 22.6 Å². The fourth-order valence-electron chi connectivity index (χ4n) is 4.25. The number of likely N-dealkylation sites (tertiary alicyclic amines) is 1. The summed E-state index contributed by atoms with van der Waals surface area (Å²) in [6, 6.07) is 16.6. The number of aryl methyl sites for hydroxylation is 2. The summed E-state index contributed by atoms with van der Waals surface area (Å²) >= 11 is 0. The van der Waals surface area contributed by atoms with E-state index in [2.05, 4.69) is 10.4 Å². The van der Waals surface area contributed by atoms with Crippen molar-refractivity contribution in [3.05, 3.63) is 80.9 Å². The zero-order valence-electron chi connectivity index (χ0n) is 18.5. The summed E-state index contributed by atoms with van der Waals surface area (Å²) in [5.74, 6) is -0.0342. The lowest BCUT2D eigenvalue weighted by Crippen LogP contribution is -2.46. The Morgan fingerprint density at radius 3 is 2.30 bits per heavy atom. The molecule has 0 aliphatic carbocycles. The van der Waals surface area contributed by atoms with Gasteiger partial charge < -0.3 is 10.2 Å². The maximum absolute atomic E-state index is 12.7. The summed E-state index contributed by atoms with van der Waals surface area (Å²) in [5.41, 5.74) is 0.483. The Labute approximate surface area is 191 Å². The van der Waals surface area contributed by atoms with Crippen LogP contribution in [0.5, 0.6) is 0 Å². The van der Waals surface area contributed by atoms with Crippen LogP contribution in [0.25, 0.3) is 10.8 Å². The number of aromatic nitrogens is 2. The summed E-state index contributed by atoms with van der Waals surface area (Å²) in [4.78, 5) is 51.5. The smallest absolute Gasteiger partial charge is 0.273 e. The van der Waals surface area contributed by atoms with Gasteiger partial charge in [0.25, 0.3) is 11.1 Å². The van der Waals surface area contributed by atoms with Gasteiger partial charge >= 0.3 is 0 Å². The van der Waals surface area contributed by atoms with E-state index < -0.39 is 0 Å². The molecule has 0 saturated carbocycles. The van der Waals surface area contributed by atoms with Crippen molar-refractivity contribution in [2.75, 3.05) is 13.1 Å². The SMILES string of the molecule is O=C(CCc1ccccc1)NC1CCN(C(=O)CCn2[nH]c(=O)c3ccccc3c2=O)CC1.